The monoisotopic (exact) mass is 348 g/mol. The van der Waals surface area contributed by atoms with E-state index in [0.29, 0.717) is 12.8 Å². The van der Waals surface area contributed by atoms with Crippen LogP contribution in [-0.4, -0.2) is 47.3 Å². The Kier molecular flexibility index (Phi) is 13.2. The number of carbonyl (C=O) groups is 2. The molecular weight excluding hydrogens is 308 g/mol. The van der Waals surface area contributed by atoms with E-state index < -0.39 is 23.0 Å². The molecule has 6 nitrogen and oxygen atoms in total. The Bertz CT molecular complexity index is 381. The van der Waals surface area contributed by atoms with Crippen molar-refractivity contribution >= 4 is 11.8 Å². The topological polar surface area (TPSA) is 98.7 Å². The maximum atomic E-state index is 12.4. The number of aliphatic hydroxyl groups is 2. The van der Waals surface area contributed by atoms with Gasteiger partial charge in [-0.2, -0.15) is 0 Å². The average molecular weight is 349 g/mol. The van der Waals surface area contributed by atoms with Crippen LogP contribution in [0.1, 0.15) is 69.2 Å². The molecule has 24 heavy (non-hydrogen) atoms. The summed E-state index contributed by atoms with van der Waals surface area (Å²) in [6.45, 7) is 10.9. The molecule has 2 amide bonds. The van der Waals surface area contributed by atoms with Crippen molar-refractivity contribution in [2.75, 3.05) is 13.1 Å². The lowest BCUT2D eigenvalue weighted by Crippen LogP contribution is -2.47. The van der Waals surface area contributed by atoms with E-state index in [0.717, 1.165) is 0 Å². The summed E-state index contributed by atoms with van der Waals surface area (Å²) < 4.78 is 0. The van der Waals surface area contributed by atoms with Gasteiger partial charge in [0.05, 0.1) is 12.2 Å². The predicted octanol–water partition coefficient (Wildman–Crippen LogP) is 2.09. The Hall–Kier alpha value is -1.14. The minimum absolute atomic E-state index is 0. The molecule has 0 aliphatic rings. The molecule has 0 radical (unpaired) electrons. The number of amides is 2. The van der Waals surface area contributed by atoms with Crippen molar-refractivity contribution < 1.29 is 19.8 Å². The first-order chi connectivity index (χ1) is 9.94. The van der Waals surface area contributed by atoms with Crippen LogP contribution in [0.15, 0.2) is 0 Å². The van der Waals surface area contributed by atoms with Crippen LogP contribution in [0.5, 0.6) is 0 Å². The van der Waals surface area contributed by atoms with Gasteiger partial charge in [-0.25, -0.2) is 0 Å². The zero-order valence-electron chi connectivity index (χ0n) is 14.7. The van der Waals surface area contributed by atoms with Crippen molar-refractivity contribution in [1.82, 2.24) is 10.6 Å². The van der Waals surface area contributed by atoms with Gasteiger partial charge in [0, 0.05) is 23.9 Å². The van der Waals surface area contributed by atoms with Crippen LogP contribution in [0.25, 0.3) is 0 Å². The van der Waals surface area contributed by atoms with Crippen molar-refractivity contribution in [2.24, 2.45) is 10.8 Å². The van der Waals surface area contributed by atoms with E-state index in [4.69, 9.17) is 0 Å². The number of aliphatic hydroxyl groups excluding tert-OH is 2. The van der Waals surface area contributed by atoms with Crippen LogP contribution in [0.2, 0.25) is 0 Å². The highest BCUT2D eigenvalue weighted by Gasteiger charge is 2.40. The predicted molar refractivity (Wildman–Crippen MR) is 99.6 cm³/mol. The summed E-state index contributed by atoms with van der Waals surface area (Å²) in [5.74, 6) is -0.344. The molecule has 0 bridgehead atoms. The van der Waals surface area contributed by atoms with Gasteiger partial charge in [0.2, 0.25) is 11.8 Å². The zero-order chi connectivity index (χ0) is 17.6. The van der Waals surface area contributed by atoms with Gasteiger partial charge in [0.25, 0.3) is 0 Å². The first kappa shape index (κ1) is 27.7. The van der Waals surface area contributed by atoms with Crippen LogP contribution in [-0.2, 0) is 9.59 Å². The van der Waals surface area contributed by atoms with E-state index >= 15 is 0 Å². The molecule has 0 fully saturated rings. The summed E-state index contributed by atoms with van der Waals surface area (Å²) in [5, 5.41) is 24.0. The molecule has 0 aliphatic heterocycles. The third-order valence-corrected chi connectivity index (χ3v) is 3.89. The largest absolute Gasteiger partial charge is 0.392 e. The third-order valence-electron chi connectivity index (χ3n) is 3.89. The van der Waals surface area contributed by atoms with E-state index in [-0.39, 0.29) is 39.8 Å². The summed E-state index contributed by atoms with van der Waals surface area (Å²) in [7, 11) is 0. The molecule has 0 saturated heterocycles. The molecule has 0 rings (SSSR count). The minimum atomic E-state index is -0.734. The quantitative estimate of drug-likeness (QED) is 0.513. The smallest absolute Gasteiger partial charge is 0.226 e. The van der Waals surface area contributed by atoms with Gasteiger partial charge < -0.3 is 20.8 Å². The lowest BCUT2D eigenvalue weighted by molar-refractivity contribution is -0.137. The van der Waals surface area contributed by atoms with Crippen molar-refractivity contribution in [3.63, 3.8) is 0 Å². The highest BCUT2D eigenvalue weighted by Crippen LogP contribution is 2.37. The van der Waals surface area contributed by atoms with Crippen molar-refractivity contribution in [1.29, 1.82) is 0 Å². The van der Waals surface area contributed by atoms with Crippen LogP contribution in [0.4, 0.5) is 0 Å². The van der Waals surface area contributed by atoms with E-state index in [1.165, 1.54) is 0 Å². The number of rotatable bonds is 9. The fourth-order valence-electron chi connectivity index (χ4n) is 2.35. The van der Waals surface area contributed by atoms with Crippen molar-refractivity contribution in [2.45, 2.75) is 81.4 Å². The van der Waals surface area contributed by atoms with Crippen molar-refractivity contribution in [3.8, 4) is 0 Å². The van der Waals surface area contributed by atoms with E-state index in [2.05, 4.69) is 10.6 Å². The van der Waals surface area contributed by atoms with Gasteiger partial charge in [-0.3, -0.25) is 9.59 Å². The Morgan fingerprint density at radius 1 is 0.917 bits per heavy atom. The molecule has 0 aromatic heterocycles. The molecule has 0 aromatic rings. The summed E-state index contributed by atoms with van der Waals surface area (Å²) in [6.07, 6.45) is -0.237. The molecule has 6 heteroatoms. The second kappa shape index (κ2) is 11.4. The highest BCUT2D eigenvalue weighted by atomic mass is 16.3. The van der Waals surface area contributed by atoms with Gasteiger partial charge in [0.15, 0.2) is 0 Å². The van der Waals surface area contributed by atoms with Gasteiger partial charge in [-0.1, -0.05) is 42.5 Å². The van der Waals surface area contributed by atoms with Crippen LogP contribution in [0, 0.1) is 10.8 Å². The summed E-state index contributed by atoms with van der Waals surface area (Å²) in [5.41, 5.74) is -1.43. The first-order valence-corrected chi connectivity index (χ1v) is 7.87. The Labute approximate surface area is 148 Å². The molecule has 3 unspecified atom stereocenters. The summed E-state index contributed by atoms with van der Waals surface area (Å²) in [4.78, 5) is 24.6. The van der Waals surface area contributed by atoms with Crippen LogP contribution < -0.4 is 10.6 Å². The second-order valence-electron chi connectivity index (χ2n) is 7.09. The molecule has 3 atom stereocenters. The lowest BCUT2D eigenvalue weighted by atomic mass is 9.71. The number of nitrogens with one attached hydrogen (secondary N) is 2. The fourth-order valence-corrected chi connectivity index (χ4v) is 2.35. The Morgan fingerprint density at radius 2 is 1.29 bits per heavy atom. The molecule has 146 valence electrons. The normalized spacial score (nSPS) is 15.8. The molecular formula is C18H40N2O4. The number of carbonyl (C=O) groups excluding carboxylic acids is 2. The third kappa shape index (κ3) is 9.23. The Morgan fingerprint density at radius 3 is 1.62 bits per heavy atom. The van der Waals surface area contributed by atoms with Crippen LogP contribution in [0.3, 0.4) is 0 Å². The number of hydrogen-bond acceptors (Lipinski definition) is 4. The first-order valence-electron chi connectivity index (χ1n) is 7.87. The van der Waals surface area contributed by atoms with Crippen molar-refractivity contribution in [3.05, 3.63) is 0 Å². The lowest BCUT2D eigenvalue weighted by Gasteiger charge is -2.35. The van der Waals surface area contributed by atoms with Gasteiger partial charge in [0.1, 0.15) is 0 Å². The Balaban J connectivity index is -0.00000220. The molecule has 0 aromatic carbocycles. The highest BCUT2D eigenvalue weighted by molar-refractivity contribution is 5.85. The molecule has 0 aliphatic carbocycles. The molecule has 4 N–H and O–H groups in total. The molecule has 0 saturated carbocycles. The maximum Gasteiger partial charge on any atom is 0.226 e. The number of hydrogen-bond donors (Lipinski definition) is 4. The summed E-state index contributed by atoms with van der Waals surface area (Å²) >= 11 is 0. The fraction of sp³-hybridized carbons (Fsp3) is 0.889. The van der Waals surface area contributed by atoms with E-state index in [9.17, 15) is 19.8 Å². The maximum absolute atomic E-state index is 12.4. The average Bonchev–Trinajstić information content (AvgIpc) is 2.40. The van der Waals surface area contributed by atoms with Gasteiger partial charge in [-0.15, -0.1) is 0 Å². The van der Waals surface area contributed by atoms with Gasteiger partial charge in [-0.05, 0) is 26.7 Å². The van der Waals surface area contributed by atoms with E-state index in [1.807, 2.05) is 13.8 Å². The zero-order valence-corrected chi connectivity index (χ0v) is 14.7. The van der Waals surface area contributed by atoms with Gasteiger partial charge >= 0.3 is 0 Å². The van der Waals surface area contributed by atoms with E-state index in [1.54, 1.807) is 27.7 Å². The molecule has 0 spiro atoms. The van der Waals surface area contributed by atoms with Crippen LogP contribution >= 0.6 is 0 Å². The SMILES string of the molecule is C.C.CCC(C)(CC(C)(C)C(=O)NCC(C)O)C(=O)NCC(C)O. The summed E-state index contributed by atoms with van der Waals surface area (Å²) in [6, 6.07) is 0. The second-order valence-corrected chi connectivity index (χ2v) is 7.09. The molecule has 0 heterocycles. The minimum Gasteiger partial charge on any atom is -0.392 e. The standard InChI is InChI=1S/C16H32N2O4.2CH4/c1-7-16(6,14(22)18-9-12(3)20)10-15(4,5)13(21)17-8-11(2)19;;/h11-12,19-20H,7-10H2,1-6H3,(H,17,21)(H,18,22);2*1H4.